The molecule has 2 aromatic rings. The summed E-state index contributed by atoms with van der Waals surface area (Å²) >= 11 is 18.8. The lowest BCUT2D eigenvalue weighted by molar-refractivity contribution is -0.137. The molecule has 2 rings (SSSR count). The molecule has 1 heterocycles. The van der Waals surface area contributed by atoms with Gasteiger partial charge in [-0.05, 0) is 0 Å². The third-order valence-electron chi connectivity index (χ3n) is 3.19. The van der Waals surface area contributed by atoms with Crippen molar-refractivity contribution < 1.29 is 27.8 Å². The van der Waals surface area contributed by atoms with Crippen molar-refractivity contribution in [3.8, 4) is 5.75 Å². The number of hydrogen-bond acceptors (Lipinski definition) is 4. The van der Waals surface area contributed by atoms with Crippen LogP contribution < -0.4 is 4.74 Å². The molecule has 0 amide bonds. The van der Waals surface area contributed by atoms with Gasteiger partial charge in [0.1, 0.15) is 0 Å². The van der Waals surface area contributed by atoms with E-state index in [9.17, 15) is 18.0 Å². The minimum absolute atomic E-state index is 0.0721. The third kappa shape index (κ3) is 4.33. The maximum Gasteiger partial charge on any atom is 0.419 e. The highest BCUT2D eigenvalue weighted by molar-refractivity contribution is 7.99. The van der Waals surface area contributed by atoms with E-state index in [1.807, 2.05) is 0 Å². The van der Waals surface area contributed by atoms with E-state index in [2.05, 4.69) is 4.98 Å². The van der Waals surface area contributed by atoms with E-state index in [0.717, 1.165) is 18.9 Å². The molecule has 0 aliphatic rings. The molecule has 0 atom stereocenters. The molecule has 26 heavy (non-hydrogen) atoms. The van der Waals surface area contributed by atoms with Gasteiger partial charge < -0.3 is 14.4 Å². The van der Waals surface area contributed by atoms with Crippen LogP contribution in [0.3, 0.4) is 0 Å². The molecular formula is C14H10Cl3F3N2O3S. The molecule has 1 N–H and O–H groups in total. The number of rotatable bonds is 6. The van der Waals surface area contributed by atoms with Crippen molar-refractivity contribution in [3.63, 3.8) is 0 Å². The monoisotopic (exact) mass is 448 g/mol. The fraction of sp³-hybridized carbons (Fsp3) is 0.286. The largest absolute Gasteiger partial charge is 0.494 e. The Bertz CT molecular complexity index is 843. The first-order chi connectivity index (χ1) is 12.1. The van der Waals surface area contributed by atoms with E-state index in [-0.39, 0.29) is 33.8 Å². The molecule has 12 heteroatoms. The lowest BCUT2D eigenvalue weighted by Crippen LogP contribution is -2.12. The van der Waals surface area contributed by atoms with Crippen LogP contribution in [-0.2, 0) is 17.5 Å². The van der Waals surface area contributed by atoms with Crippen molar-refractivity contribution in [3.05, 3.63) is 38.6 Å². The first-order valence-corrected chi connectivity index (χ1v) is 8.86. The number of alkyl halides is 3. The van der Waals surface area contributed by atoms with E-state index in [1.54, 1.807) is 0 Å². The Kier molecular flexibility index (Phi) is 6.60. The van der Waals surface area contributed by atoms with Crippen LogP contribution in [0.15, 0.2) is 17.6 Å². The maximum atomic E-state index is 13.3. The lowest BCUT2D eigenvalue weighted by atomic mass is 10.1. The molecule has 0 aliphatic carbocycles. The van der Waals surface area contributed by atoms with E-state index < -0.39 is 27.8 Å². The fourth-order valence-electron chi connectivity index (χ4n) is 2.11. The van der Waals surface area contributed by atoms with Gasteiger partial charge in [0.05, 0.1) is 40.0 Å². The Morgan fingerprint density at radius 3 is 2.50 bits per heavy atom. The number of carboxylic acid groups (broad SMARTS) is 1. The summed E-state index contributed by atoms with van der Waals surface area (Å²) in [6, 6.07) is 0. The fourth-order valence-corrected chi connectivity index (χ4v) is 3.99. The molecule has 0 fully saturated rings. The molecule has 0 radical (unpaired) electrons. The summed E-state index contributed by atoms with van der Waals surface area (Å²) in [4.78, 5) is 14.7. The van der Waals surface area contributed by atoms with Gasteiger partial charge in [-0.3, -0.25) is 4.79 Å². The van der Waals surface area contributed by atoms with Gasteiger partial charge in [0.25, 0.3) is 0 Å². The Labute approximate surface area is 165 Å². The first kappa shape index (κ1) is 21.0. The summed E-state index contributed by atoms with van der Waals surface area (Å²) in [7, 11) is 1.14. The smallest absolute Gasteiger partial charge is 0.419 e. The zero-order chi connectivity index (χ0) is 19.6. The van der Waals surface area contributed by atoms with Crippen molar-refractivity contribution in [1.29, 1.82) is 0 Å². The van der Waals surface area contributed by atoms with Crippen LogP contribution in [0, 0.1) is 0 Å². The van der Waals surface area contributed by atoms with Gasteiger partial charge in [0.2, 0.25) is 0 Å². The first-order valence-electron chi connectivity index (χ1n) is 6.74. The summed E-state index contributed by atoms with van der Waals surface area (Å²) in [5, 5.41) is 7.47. The highest BCUT2D eigenvalue weighted by atomic mass is 35.5. The van der Waals surface area contributed by atoms with Crippen molar-refractivity contribution in [2.45, 2.75) is 17.9 Å². The number of aliphatic carboxylic acids is 1. The molecule has 5 nitrogen and oxygen atoms in total. The number of imidazole rings is 1. The number of aromatic nitrogens is 2. The Morgan fingerprint density at radius 2 is 1.96 bits per heavy atom. The van der Waals surface area contributed by atoms with Gasteiger partial charge in [-0.15, -0.1) is 0 Å². The van der Waals surface area contributed by atoms with Crippen molar-refractivity contribution in [2.24, 2.45) is 0 Å². The van der Waals surface area contributed by atoms with Crippen molar-refractivity contribution in [2.75, 3.05) is 12.9 Å². The zero-order valence-corrected chi connectivity index (χ0v) is 16.0. The molecule has 0 aliphatic heterocycles. The number of hydrogen-bond donors (Lipinski definition) is 1. The lowest BCUT2D eigenvalue weighted by Gasteiger charge is -2.20. The minimum Gasteiger partial charge on any atom is -0.494 e. The minimum atomic E-state index is -4.82. The van der Waals surface area contributed by atoms with Crippen LogP contribution in [0.25, 0.3) is 0 Å². The number of ether oxygens (including phenoxy) is 1. The van der Waals surface area contributed by atoms with E-state index in [0.29, 0.717) is 0 Å². The number of methoxy groups -OCH3 is 1. The van der Waals surface area contributed by atoms with Crippen LogP contribution in [0.2, 0.25) is 15.1 Å². The molecule has 0 saturated heterocycles. The highest BCUT2D eigenvalue weighted by Crippen LogP contribution is 2.49. The van der Waals surface area contributed by atoms with Crippen LogP contribution >= 0.6 is 46.6 Å². The average molecular weight is 450 g/mol. The predicted molar refractivity (Wildman–Crippen MR) is 92.7 cm³/mol. The van der Waals surface area contributed by atoms with Crippen LogP contribution in [0.1, 0.15) is 11.1 Å². The van der Waals surface area contributed by atoms with Gasteiger partial charge >= 0.3 is 12.1 Å². The van der Waals surface area contributed by atoms with Gasteiger partial charge in [-0.1, -0.05) is 46.6 Å². The molecule has 0 saturated carbocycles. The van der Waals surface area contributed by atoms with Crippen molar-refractivity contribution >= 4 is 52.5 Å². The Morgan fingerprint density at radius 1 is 1.31 bits per heavy atom. The summed E-state index contributed by atoms with van der Waals surface area (Å²) in [6.07, 6.45) is -1.98. The quantitative estimate of drug-likeness (QED) is 0.622. The SMILES string of the molecule is COc1c(Cl)c(Cn2ccnc2SCC(=O)O)c(Cl)c(C(F)(F)F)c1Cl. The number of nitrogens with zero attached hydrogens (tertiary/aromatic N) is 2. The summed E-state index contributed by atoms with van der Waals surface area (Å²) in [6.45, 7) is -0.184. The van der Waals surface area contributed by atoms with Crippen molar-refractivity contribution in [1.82, 2.24) is 9.55 Å². The number of benzene rings is 1. The summed E-state index contributed by atoms with van der Waals surface area (Å²) in [5.41, 5.74) is -1.32. The summed E-state index contributed by atoms with van der Waals surface area (Å²) < 4.78 is 46.4. The van der Waals surface area contributed by atoms with E-state index >= 15 is 0 Å². The van der Waals surface area contributed by atoms with E-state index in [4.69, 9.17) is 44.6 Å². The maximum absolute atomic E-state index is 13.3. The second kappa shape index (κ2) is 8.16. The van der Waals surface area contributed by atoms with Gasteiger partial charge in [0, 0.05) is 18.0 Å². The zero-order valence-electron chi connectivity index (χ0n) is 12.9. The molecule has 1 aromatic heterocycles. The topological polar surface area (TPSA) is 64.4 Å². The van der Waals surface area contributed by atoms with Gasteiger partial charge in [-0.25, -0.2) is 4.98 Å². The average Bonchev–Trinajstić information content (AvgIpc) is 2.95. The molecular weight excluding hydrogens is 440 g/mol. The number of carboxylic acids is 1. The van der Waals surface area contributed by atoms with Gasteiger partial charge in [0.15, 0.2) is 10.9 Å². The second-order valence-electron chi connectivity index (χ2n) is 4.85. The molecule has 0 spiro atoms. The van der Waals surface area contributed by atoms with Gasteiger partial charge in [-0.2, -0.15) is 13.2 Å². The molecule has 1 aromatic carbocycles. The van der Waals surface area contributed by atoms with Crippen LogP contribution in [0.4, 0.5) is 13.2 Å². The van der Waals surface area contributed by atoms with Crippen LogP contribution in [-0.4, -0.2) is 33.5 Å². The number of thioether (sulfide) groups is 1. The Hall–Kier alpha value is -1.29. The normalized spacial score (nSPS) is 11.7. The predicted octanol–water partition coefficient (Wildman–Crippen LogP) is 5.10. The molecule has 0 bridgehead atoms. The molecule has 0 unspecified atom stereocenters. The highest BCUT2D eigenvalue weighted by Gasteiger charge is 2.40. The third-order valence-corrected chi connectivity index (χ3v) is 5.35. The van der Waals surface area contributed by atoms with Crippen LogP contribution in [0.5, 0.6) is 5.75 Å². The number of carbonyl (C=O) groups is 1. The molecule has 142 valence electrons. The second-order valence-corrected chi connectivity index (χ2v) is 6.92. The summed E-state index contributed by atoms with van der Waals surface area (Å²) in [5.74, 6) is -1.68. The standard InChI is InChI=1S/C14H10Cl3F3N2O3S/c1-25-12-10(16)6(9(15)8(11(12)17)14(18,19)20)4-22-3-2-21-13(22)26-5-7(23)24/h2-3H,4-5H2,1H3,(H,23,24). The number of halogens is 6. The Balaban J connectivity index is 2.54. The van der Waals surface area contributed by atoms with E-state index in [1.165, 1.54) is 17.0 Å².